The molecule has 0 spiro atoms. The summed E-state index contributed by atoms with van der Waals surface area (Å²) in [7, 11) is 0. The van der Waals surface area contributed by atoms with Crippen LogP contribution in [0.3, 0.4) is 0 Å². The van der Waals surface area contributed by atoms with Crippen molar-refractivity contribution in [2.24, 2.45) is 11.8 Å². The Morgan fingerprint density at radius 1 is 0.600 bits per heavy atom. The number of nitrogens with zero attached hydrogens (tertiary/aromatic N) is 2. The molecule has 9 heteroatoms. The molecule has 0 amide bonds. The van der Waals surface area contributed by atoms with Crippen LogP contribution in [0.2, 0.25) is 0 Å². The Hall–Kier alpha value is 1.61. The van der Waals surface area contributed by atoms with Crippen LogP contribution in [0.5, 0.6) is 0 Å². The molecule has 0 aromatic rings. The third kappa shape index (κ3) is 28.4. The largest absolute Gasteiger partial charge is 6.00 e. The van der Waals surface area contributed by atoms with Crippen molar-refractivity contribution < 1.29 is 21.1 Å². The fraction of sp³-hybridized carbons (Fsp3) is 0.923. The molecule has 0 saturated heterocycles. The normalized spacial score (nSPS) is 11.4. The van der Waals surface area contributed by atoms with Gasteiger partial charge in [-0.3, -0.25) is 0 Å². The van der Waals surface area contributed by atoms with Crippen LogP contribution >= 0.6 is 24.4 Å². The van der Waals surface area contributed by atoms with Gasteiger partial charge >= 0.3 is 21.1 Å². The maximum Gasteiger partial charge on any atom is 6.00 e. The maximum absolute atomic E-state index is 5.15. The van der Waals surface area contributed by atoms with Gasteiger partial charge in [0.15, 0.2) is 0 Å². The van der Waals surface area contributed by atoms with E-state index in [2.05, 4.69) is 51.3 Å². The Balaban J connectivity index is -0.000000158. The summed E-state index contributed by atoms with van der Waals surface area (Å²) in [5.41, 5.74) is 0. The van der Waals surface area contributed by atoms with E-state index in [9.17, 15) is 0 Å². The van der Waals surface area contributed by atoms with Crippen molar-refractivity contribution in [1.29, 1.82) is 0 Å². The predicted octanol–water partition coefficient (Wildman–Crippen LogP) is 8.27. The molecule has 0 aromatic heterocycles. The van der Waals surface area contributed by atoms with Gasteiger partial charge in [-0.15, -0.1) is 0 Å². The van der Waals surface area contributed by atoms with Crippen molar-refractivity contribution in [3.05, 3.63) is 0 Å². The first kappa shape index (κ1) is 46.5. The third-order valence-corrected chi connectivity index (χ3v) is 7.16. The van der Waals surface area contributed by atoms with E-state index >= 15 is 0 Å². The zero-order valence-corrected chi connectivity index (χ0v) is 30.1. The topological polar surface area (TPSA) is 6.48 Å². The zero-order valence-electron chi connectivity index (χ0n) is 23.2. The van der Waals surface area contributed by atoms with Crippen LogP contribution in [0.1, 0.15) is 119 Å². The Kier molecular flexibility index (Phi) is 44.6. The quantitative estimate of drug-likeness (QED) is 0.0812. The number of thiocarbonyl (C=S) groups is 2. The van der Waals surface area contributed by atoms with Crippen molar-refractivity contribution in [3.63, 3.8) is 0 Å². The molecule has 2 atom stereocenters. The van der Waals surface area contributed by atoms with Crippen molar-refractivity contribution in [2.75, 3.05) is 26.2 Å². The van der Waals surface area contributed by atoms with E-state index in [4.69, 9.17) is 49.7 Å². The van der Waals surface area contributed by atoms with Gasteiger partial charge in [0.2, 0.25) is 0 Å². The molecule has 0 heterocycles. The van der Waals surface area contributed by atoms with Gasteiger partial charge < -0.3 is 86.5 Å². The fourth-order valence-corrected chi connectivity index (χ4v) is 4.33. The van der Waals surface area contributed by atoms with Gasteiger partial charge in [0, 0.05) is 26.2 Å². The summed E-state index contributed by atoms with van der Waals surface area (Å²) >= 11 is 20.6. The summed E-state index contributed by atoms with van der Waals surface area (Å²) in [4.78, 5) is 4.44. The summed E-state index contributed by atoms with van der Waals surface area (Å²) in [6.45, 7) is 17.7. The van der Waals surface area contributed by atoms with E-state index in [0.29, 0.717) is 8.64 Å². The van der Waals surface area contributed by atoms with E-state index in [-0.39, 0.29) is 48.1 Å². The van der Waals surface area contributed by atoms with Crippen LogP contribution in [-0.4, -0.2) is 44.6 Å². The Morgan fingerprint density at radius 2 is 0.886 bits per heavy atom. The number of hydrogen-bond acceptors (Lipinski definition) is 4. The molecular weight excluding hydrogens is 629 g/mol. The summed E-state index contributed by atoms with van der Waals surface area (Å²) in [6.07, 6.45) is 15.1. The molecule has 0 aromatic carbocycles. The number of hydrogen-bond donors (Lipinski definition) is 0. The second-order valence-corrected chi connectivity index (χ2v) is 11.0. The molecule has 0 radical (unpaired) electrons. The minimum absolute atomic E-state index is 0. The number of rotatable bonds is 18. The molecule has 0 N–H and O–H groups in total. The average Bonchev–Trinajstić information content (AvgIpc) is 2.78. The van der Waals surface area contributed by atoms with Gasteiger partial charge in [-0.05, 0) is 37.5 Å². The zero-order chi connectivity index (χ0) is 24.8. The molecule has 0 rings (SSSR count). The van der Waals surface area contributed by atoms with Crippen LogP contribution in [0.25, 0.3) is 0 Å². The standard InChI is InChI=1S/2C13H27NS2.Mo.2S/c2*1-4-7-9-12(6-3)11-14(13(15)16)10-8-5-2;;;/h2*12H,4-11H2,1-3H3,(H,15,16);;;/q;;+6;2*-2/p-2. The second kappa shape index (κ2) is 33.6. The maximum atomic E-state index is 5.15. The van der Waals surface area contributed by atoms with Crippen molar-refractivity contribution in [3.8, 4) is 0 Å². The fourth-order valence-electron chi connectivity index (χ4n) is 3.67. The van der Waals surface area contributed by atoms with Crippen LogP contribution in [0.15, 0.2) is 0 Å². The Labute approximate surface area is 270 Å². The predicted molar refractivity (Wildman–Crippen MR) is 174 cm³/mol. The first-order valence-corrected chi connectivity index (χ1v) is 14.9. The van der Waals surface area contributed by atoms with Gasteiger partial charge in [-0.25, -0.2) is 0 Å². The average molecular weight is 681 g/mol. The minimum atomic E-state index is 0. The molecule has 0 aliphatic rings. The van der Waals surface area contributed by atoms with E-state index in [1.165, 1.54) is 77.0 Å². The van der Waals surface area contributed by atoms with Crippen molar-refractivity contribution in [2.45, 2.75) is 119 Å². The van der Waals surface area contributed by atoms with Gasteiger partial charge in [-0.1, -0.05) is 102 Å². The molecule has 0 bridgehead atoms. The first-order valence-electron chi connectivity index (χ1n) is 13.2. The van der Waals surface area contributed by atoms with Gasteiger partial charge in [0.1, 0.15) is 0 Å². The molecule has 0 fully saturated rings. The van der Waals surface area contributed by atoms with Crippen LogP contribution in [0, 0.1) is 11.8 Å². The van der Waals surface area contributed by atoms with Gasteiger partial charge in [-0.2, -0.15) is 0 Å². The van der Waals surface area contributed by atoms with Crippen molar-refractivity contribution >= 4 is 85.3 Å². The van der Waals surface area contributed by atoms with E-state index in [1.54, 1.807) is 0 Å². The summed E-state index contributed by atoms with van der Waals surface area (Å²) in [5, 5.41) is 0. The molecular formula is C26H52MoN2S6. The van der Waals surface area contributed by atoms with Crippen LogP contribution < -0.4 is 0 Å². The second-order valence-electron chi connectivity index (χ2n) is 8.96. The molecule has 35 heavy (non-hydrogen) atoms. The van der Waals surface area contributed by atoms with Crippen LogP contribution in [-0.2, 0) is 73.3 Å². The minimum Gasteiger partial charge on any atom is -2.00 e. The SMILES string of the molecule is CCCCC(CC)CN(CCCC)C(=S)[S-].CCCCC(CC)CN(CCCC)C(=S)[S-].[Mo+6].[S-2].[S-2]. The van der Waals surface area contributed by atoms with E-state index in [0.717, 1.165) is 38.0 Å². The third-order valence-electron chi connectivity index (χ3n) is 6.12. The molecule has 0 saturated carbocycles. The van der Waals surface area contributed by atoms with E-state index in [1.807, 2.05) is 0 Å². The molecule has 0 aliphatic heterocycles. The first-order chi connectivity index (χ1) is 15.3. The summed E-state index contributed by atoms with van der Waals surface area (Å²) < 4.78 is 1.31. The van der Waals surface area contributed by atoms with Crippen molar-refractivity contribution in [1.82, 2.24) is 9.80 Å². The van der Waals surface area contributed by atoms with Gasteiger partial charge in [0.25, 0.3) is 0 Å². The number of unbranched alkanes of at least 4 members (excludes halogenated alkanes) is 4. The smallest absolute Gasteiger partial charge is 2.00 e. The van der Waals surface area contributed by atoms with Gasteiger partial charge in [0.05, 0.1) is 0 Å². The summed E-state index contributed by atoms with van der Waals surface area (Å²) in [6, 6.07) is 0. The Bertz CT molecular complexity index is 418. The molecule has 2 unspecified atom stereocenters. The molecule has 0 aliphatic carbocycles. The van der Waals surface area contributed by atoms with Crippen LogP contribution in [0.4, 0.5) is 0 Å². The molecule has 208 valence electrons. The Morgan fingerprint density at radius 3 is 1.09 bits per heavy atom. The molecule has 2 nitrogen and oxygen atoms in total. The van der Waals surface area contributed by atoms with E-state index < -0.39 is 0 Å². The summed E-state index contributed by atoms with van der Waals surface area (Å²) in [5.74, 6) is 1.52. The monoisotopic (exact) mass is 682 g/mol.